The van der Waals surface area contributed by atoms with Crippen LogP contribution in [0.3, 0.4) is 0 Å². The molecule has 0 spiro atoms. The fourth-order valence-corrected chi connectivity index (χ4v) is 1.91. The molecule has 1 aromatic carbocycles. The lowest BCUT2D eigenvalue weighted by Gasteiger charge is -2.04. The van der Waals surface area contributed by atoms with Crippen LogP contribution in [0.5, 0.6) is 0 Å². The van der Waals surface area contributed by atoms with Crippen LogP contribution < -0.4 is 5.32 Å². The summed E-state index contributed by atoms with van der Waals surface area (Å²) in [5.41, 5.74) is 2.89. The first-order chi connectivity index (χ1) is 9.22. The van der Waals surface area contributed by atoms with Gasteiger partial charge in [0, 0.05) is 11.9 Å². The van der Waals surface area contributed by atoms with Crippen molar-refractivity contribution in [3.63, 3.8) is 0 Å². The van der Waals surface area contributed by atoms with E-state index in [4.69, 9.17) is 0 Å². The van der Waals surface area contributed by atoms with Gasteiger partial charge in [-0.3, -0.25) is 9.78 Å². The number of hydrogen-bond acceptors (Lipinski definition) is 3. The SMILES string of the molecule is Cc1nc2ccc(NC(=O)c3ccccn3)cc2[nH]1. The molecule has 2 heterocycles. The Labute approximate surface area is 109 Å². The molecule has 2 N–H and O–H groups in total. The van der Waals surface area contributed by atoms with Crippen molar-refractivity contribution in [1.29, 1.82) is 0 Å². The third-order valence-corrected chi connectivity index (χ3v) is 2.76. The van der Waals surface area contributed by atoms with Gasteiger partial charge in [0.15, 0.2) is 0 Å². The Morgan fingerprint density at radius 1 is 1.26 bits per heavy atom. The number of aromatic amines is 1. The Morgan fingerprint density at radius 2 is 2.16 bits per heavy atom. The van der Waals surface area contributed by atoms with Crippen molar-refractivity contribution in [2.75, 3.05) is 5.32 Å². The average Bonchev–Trinajstić information content (AvgIpc) is 2.79. The molecular formula is C14H12N4O. The second-order valence-corrected chi connectivity index (χ2v) is 4.22. The van der Waals surface area contributed by atoms with Gasteiger partial charge in [-0.25, -0.2) is 4.98 Å². The van der Waals surface area contributed by atoms with Crippen LogP contribution in [0.25, 0.3) is 11.0 Å². The Morgan fingerprint density at radius 3 is 2.95 bits per heavy atom. The number of nitrogens with one attached hydrogen (secondary N) is 2. The minimum atomic E-state index is -0.226. The summed E-state index contributed by atoms with van der Waals surface area (Å²) in [6.07, 6.45) is 1.59. The van der Waals surface area contributed by atoms with Gasteiger partial charge in [0.25, 0.3) is 5.91 Å². The molecule has 0 bridgehead atoms. The highest BCUT2D eigenvalue weighted by atomic mass is 16.1. The first-order valence-corrected chi connectivity index (χ1v) is 5.91. The molecule has 0 saturated carbocycles. The van der Waals surface area contributed by atoms with Gasteiger partial charge in [-0.1, -0.05) is 6.07 Å². The van der Waals surface area contributed by atoms with Crippen LogP contribution in [-0.4, -0.2) is 20.9 Å². The smallest absolute Gasteiger partial charge is 0.274 e. The molecule has 1 amide bonds. The summed E-state index contributed by atoms with van der Waals surface area (Å²) < 4.78 is 0. The van der Waals surface area contributed by atoms with Gasteiger partial charge >= 0.3 is 0 Å². The average molecular weight is 252 g/mol. The second-order valence-electron chi connectivity index (χ2n) is 4.22. The molecule has 94 valence electrons. The van der Waals surface area contributed by atoms with Gasteiger partial charge in [-0.05, 0) is 37.3 Å². The first kappa shape index (κ1) is 11.4. The van der Waals surface area contributed by atoms with Crippen LogP contribution in [0.1, 0.15) is 16.3 Å². The largest absolute Gasteiger partial charge is 0.342 e. The fraction of sp³-hybridized carbons (Fsp3) is 0.0714. The van der Waals surface area contributed by atoms with Crippen molar-refractivity contribution < 1.29 is 4.79 Å². The maximum absolute atomic E-state index is 12.0. The van der Waals surface area contributed by atoms with Gasteiger partial charge in [0.05, 0.1) is 11.0 Å². The highest BCUT2D eigenvalue weighted by Gasteiger charge is 2.07. The Balaban J connectivity index is 1.87. The Hall–Kier alpha value is -2.69. The molecule has 3 aromatic rings. The highest BCUT2D eigenvalue weighted by molar-refractivity contribution is 6.03. The minimum absolute atomic E-state index is 0.226. The summed E-state index contributed by atoms with van der Waals surface area (Å²) in [5.74, 6) is 0.624. The number of pyridine rings is 1. The number of fused-ring (bicyclic) bond motifs is 1. The number of carbonyl (C=O) groups excluding carboxylic acids is 1. The predicted octanol–water partition coefficient (Wildman–Crippen LogP) is 2.52. The Kier molecular flexibility index (Phi) is 2.72. The minimum Gasteiger partial charge on any atom is -0.342 e. The Bertz CT molecular complexity index is 734. The number of H-pyrrole nitrogens is 1. The van der Waals surface area contributed by atoms with Gasteiger partial charge in [0.2, 0.25) is 0 Å². The van der Waals surface area contributed by atoms with Crippen molar-refractivity contribution >= 4 is 22.6 Å². The monoisotopic (exact) mass is 252 g/mol. The molecule has 0 unspecified atom stereocenters. The van der Waals surface area contributed by atoms with Crippen molar-refractivity contribution in [3.8, 4) is 0 Å². The molecule has 5 nitrogen and oxygen atoms in total. The number of hydrogen-bond donors (Lipinski definition) is 2. The van der Waals surface area contributed by atoms with Crippen LogP contribution in [0.2, 0.25) is 0 Å². The molecule has 3 rings (SSSR count). The summed E-state index contributed by atoms with van der Waals surface area (Å²) in [4.78, 5) is 23.4. The van der Waals surface area contributed by atoms with E-state index in [2.05, 4.69) is 20.3 Å². The standard InChI is InChI=1S/C14H12N4O/c1-9-16-11-6-5-10(8-13(11)17-9)18-14(19)12-4-2-3-7-15-12/h2-8H,1H3,(H,16,17)(H,18,19). The van der Waals surface area contributed by atoms with Crippen molar-refractivity contribution in [3.05, 3.63) is 54.1 Å². The number of carbonyl (C=O) groups is 1. The van der Waals surface area contributed by atoms with Crippen LogP contribution in [0, 0.1) is 6.92 Å². The normalized spacial score (nSPS) is 10.6. The van der Waals surface area contributed by atoms with Crippen LogP contribution >= 0.6 is 0 Å². The van der Waals surface area contributed by atoms with Gasteiger partial charge in [0.1, 0.15) is 11.5 Å². The van der Waals surface area contributed by atoms with E-state index in [1.54, 1.807) is 24.4 Å². The van der Waals surface area contributed by atoms with Crippen LogP contribution in [0.15, 0.2) is 42.6 Å². The lowest BCUT2D eigenvalue weighted by atomic mass is 10.2. The number of benzene rings is 1. The molecule has 2 aromatic heterocycles. The number of anilines is 1. The lowest BCUT2D eigenvalue weighted by molar-refractivity contribution is 0.102. The van der Waals surface area contributed by atoms with Crippen molar-refractivity contribution in [1.82, 2.24) is 15.0 Å². The van der Waals surface area contributed by atoms with E-state index in [1.165, 1.54) is 0 Å². The summed E-state index contributed by atoms with van der Waals surface area (Å²) in [6, 6.07) is 10.8. The summed E-state index contributed by atoms with van der Waals surface area (Å²) in [5, 5.41) is 2.81. The number of nitrogens with zero attached hydrogens (tertiary/aromatic N) is 2. The zero-order valence-corrected chi connectivity index (χ0v) is 10.3. The fourth-order valence-electron chi connectivity index (χ4n) is 1.91. The highest BCUT2D eigenvalue weighted by Crippen LogP contribution is 2.17. The molecule has 0 saturated heterocycles. The first-order valence-electron chi connectivity index (χ1n) is 5.91. The molecule has 0 radical (unpaired) electrons. The van der Waals surface area contributed by atoms with E-state index < -0.39 is 0 Å². The zero-order chi connectivity index (χ0) is 13.2. The van der Waals surface area contributed by atoms with Crippen LogP contribution in [0.4, 0.5) is 5.69 Å². The second kappa shape index (κ2) is 4.53. The number of rotatable bonds is 2. The molecular weight excluding hydrogens is 240 g/mol. The number of aromatic nitrogens is 3. The molecule has 0 atom stereocenters. The van der Waals surface area contributed by atoms with E-state index in [9.17, 15) is 4.79 Å². The van der Waals surface area contributed by atoms with E-state index in [0.29, 0.717) is 11.4 Å². The van der Waals surface area contributed by atoms with E-state index in [1.807, 2.05) is 25.1 Å². The van der Waals surface area contributed by atoms with E-state index in [-0.39, 0.29) is 5.91 Å². The number of imidazole rings is 1. The molecule has 19 heavy (non-hydrogen) atoms. The van der Waals surface area contributed by atoms with E-state index in [0.717, 1.165) is 16.9 Å². The predicted molar refractivity (Wildman–Crippen MR) is 73.0 cm³/mol. The van der Waals surface area contributed by atoms with Crippen molar-refractivity contribution in [2.24, 2.45) is 0 Å². The van der Waals surface area contributed by atoms with Gasteiger partial charge < -0.3 is 10.3 Å². The number of aryl methyl sites for hydroxylation is 1. The summed E-state index contributed by atoms with van der Waals surface area (Å²) in [6.45, 7) is 1.89. The molecule has 0 aliphatic heterocycles. The van der Waals surface area contributed by atoms with Crippen LogP contribution in [-0.2, 0) is 0 Å². The number of amides is 1. The molecule has 0 aliphatic rings. The third-order valence-electron chi connectivity index (χ3n) is 2.76. The maximum atomic E-state index is 12.0. The van der Waals surface area contributed by atoms with E-state index >= 15 is 0 Å². The third kappa shape index (κ3) is 2.30. The quantitative estimate of drug-likeness (QED) is 0.736. The van der Waals surface area contributed by atoms with Crippen molar-refractivity contribution in [2.45, 2.75) is 6.92 Å². The summed E-state index contributed by atoms with van der Waals surface area (Å²) >= 11 is 0. The zero-order valence-electron chi connectivity index (χ0n) is 10.3. The molecule has 0 aliphatic carbocycles. The van der Waals surface area contributed by atoms with Gasteiger partial charge in [-0.2, -0.15) is 0 Å². The van der Waals surface area contributed by atoms with Gasteiger partial charge in [-0.15, -0.1) is 0 Å². The summed E-state index contributed by atoms with van der Waals surface area (Å²) in [7, 11) is 0. The molecule has 5 heteroatoms. The topological polar surface area (TPSA) is 70.7 Å². The maximum Gasteiger partial charge on any atom is 0.274 e. The lowest BCUT2D eigenvalue weighted by Crippen LogP contribution is -2.13. The molecule has 0 fully saturated rings.